The number of rotatable bonds is 2. The number of hydrogen-bond acceptors (Lipinski definition) is 3. The summed E-state index contributed by atoms with van der Waals surface area (Å²) < 4.78 is 5.03. The van der Waals surface area contributed by atoms with Gasteiger partial charge in [0, 0.05) is 18.8 Å². The van der Waals surface area contributed by atoms with Gasteiger partial charge < -0.3 is 9.64 Å². The highest BCUT2D eigenvalue weighted by Gasteiger charge is 2.25. The molecule has 1 aromatic carbocycles. The molecule has 2 heterocycles. The van der Waals surface area contributed by atoms with Crippen molar-refractivity contribution in [2.45, 2.75) is 19.8 Å². The van der Waals surface area contributed by atoms with Crippen molar-refractivity contribution in [2.75, 3.05) is 18.6 Å². The number of ether oxygens (including phenoxy) is 1. The van der Waals surface area contributed by atoms with Gasteiger partial charge in [-0.25, -0.2) is 4.98 Å². The third-order valence-electron chi connectivity index (χ3n) is 3.86. The van der Waals surface area contributed by atoms with Crippen LogP contribution in [0.2, 0.25) is 0 Å². The van der Waals surface area contributed by atoms with Gasteiger partial charge in [-0.15, -0.1) is 0 Å². The summed E-state index contributed by atoms with van der Waals surface area (Å²) in [6.07, 6.45) is 3.60. The molecule has 2 aromatic rings. The molecule has 0 saturated carbocycles. The molecule has 1 aromatic heterocycles. The predicted molar refractivity (Wildman–Crippen MR) is 82.0 cm³/mol. The number of para-hydroxylation sites is 1. The molecule has 0 atom stereocenters. The fourth-order valence-corrected chi connectivity index (χ4v) is 2.83. The molecule has 1 aliphatic rings. The van der Waals surface area contributed by atoms with E-state index in [0.717, 1.165) is 30.6 Å². The van der Waals surface area contributed by atoms with E-state index < -0.39 is 0 Å². The topological polar surface area (TPSA) is 42.4 Å². The molecule has 21 heavy (non-hydrogen) atoms. The minimum atomic E-state index is 0.000373. The van der Waals surface area contributed by atoms with Crippen molar-refractivity contribution in [3.63, 3.8) is 0 Å². The number of benzene rings is 1. The molecule has 0 aliphatic carbocycles. The summed E-state index contributed by atoms with van der Waals surface area (Å²) in [4.78, 5) is 18.8. The van der Waals surface area contributed by atoms with Gasteiger partial charge in [-0.2, -0.15) is 0 Å². The summed E-state index contributed by atoms with van der Waals surface area (Å²) in [6, 6.07) is 9.69. The van der Waals surface area contributed by atoms with Crippen molar-refractivity contribution in [3.05, 3.63) is 53.2 Å². The van der Waals surface area contributed by atoms with E-state index in [9.17, 15) is 4.79 Å². The van der Waals surface area contributed by atoms with Gasteiger partial charge >= 0.3 is 0 Å². The zero-order chi connectivity index (χ0) is 14.8. The number of aromatic nitrogens is 1. The molecular weight excluding hydrogens is 264 g/mol. The lowest BCUT2D eigenvalue weighted by Gasteiger charge is -2.31. The van der Waals surface area contributed by atoms with Gasteiger partial charge in [0.15, 0.2) is 0 Å². The van der Waals surface area contributed by atoms with Crippen LogP contribution in [0, 0.1) is 6.92 Å². The second kappa shape index (κ2) is 5.56. The van der Waals surface area contributed by atoms with Crippen LogP contribution in [0.4, 0.5) is 5.69 Å². The number of aryl methyl sites for hydroxylation is 2. The van der Waals surface area contributed by atoms with Crippen molar-refractivity contribution >= 4 is 11.6 Å². The minimum Gasteiger partial charge on any atom is -0.481 e. The van der Waals surface area contributed by atoms with E-state index in [-0.39, 0.29) is 5.91 Å². The van der Waals surface area contributed by atoms with Gasteiger partial charge in [-0.05, 0) is 37.0 Å². The van der Waals surface area contributed by atoms with Crippen molar-refractivity contribution in [3.8, 4) is 5.88 Å². The predicted octanol–water partition coefficient (Wildman–Crippen LogP) is 2.99. The Morgan fingerprint density at radius 3 is 2.86 bits per heavy atom. The maximum atomic E-state index is 12.8. The largest absolute Gasteiger partial charge is 0.481 e. The lowest BCUT2D eigenvalue weighted by atomic mass is 9.97. The number of carbonyl (C=O) groups is 1. The Morgan fingerprint density at radius 2 is 2.14 bits per heavy atom. The third-order valence-corrected chi connectivity index (χ3v) is 3.86. The van der Waals surface area contributed by atoms with E-state index in [1.54, 1.807) is 25.4 Å². The second-order valence-electron chi connectivity index (χ2n) is 5.23. The zero-order valence-electron chi connectivity index (χ0n) is 12.3. The van der Waals surface area contributed by atoms with Crippen LogP contribution in [0.15, 0.2) is 36.5 Å². The molecule has 0 unspecified atom stereocenters. The summed E-state index contributed by atoms with van der Waals surface area (Å²) in [5.74, 6) is 0.516. The molecule has 4 nitrogen and oxygen atoms in total. The standard InChI is InChI=1S/C17H18N2O2/c1-12-5-3-6-13-7-4-10-19(16(12)13)17(20)14-8-9-15(21-2)18-11-14/h3,5-6,8-9,11H,4,7,10H2,1-2H3. The fraction of sp³-hybridized carbons (Fsp3) is 0.294. The summed E-state index contributed by atoms with van der Waals surface area (Å²) in [5.41, 5.74) is 4.04. The van der Waals surface area contributed by atoms with E-state index in [4.69, 9.17) is 4.74 Å². The van der Waals surface area contributed by atoms with Gasteiger partial charge in [-0.1, -0.05) is 18.2 Å². The Bertz CT molecular complexity index is 665. The first-order chi connectivity index (χ1) is 10.2. The van der Waals surface area contributed by atoms with Crippen LogP contribution in [-0.2, 0) is 6.42 Å². The van der Waals surface area contributed by atoms with Gasteiger partial charge in [0.25, 0.3) is 5.91 Å². The van der Waals surface area contributed by atoms with E-state index in [1.165, 1.54) is 5.56 Å². The first-order valence-corrected chi connectivity index (χ1v) is 7.11. The highest BCUT2D eigenvalue weighted by atomic mass is 16.5. The Balaban J connectivity index is 1.96. The van der Waals surface area contributed by atoms with Crippen LogP contribution >= 0.6 is 0 Å². The van der Waals surface area contributed by atoms with Crippen LogP contribution in [0.25, 0.3) is 0 Å². The van der Waals surface area contributed by atoms with Gasteiger partial charge in [-0.3, -0.25) is 4.79 Å². The maximum Gasteiger partial charge on any atom is 0.259 e. The second-order valence-corrected chi connectivity index (χ2v) is 5.23. The number of pyridine rings is 1. The van der Waals surface area contributed by atoms with Gasteiger partial charge in [0.1, 0.15) is 0 Å². The van der Waals surface area contributed by atoms with Crippen molar-refractivity contribution in [2.24, 2.45) is 0 Å². The van der Waals surface area contributed by atoms with Gasteiger partial charge in [0.05, 0.1) is 18.4 Å². The SMILES string of the molecule is COc1ccc(C(=O)N2CCCc3cccc(C)c32)cn1. The summed E-state index contributed by atoms with van der Waals surface area (Å²) in [5, 5.41) is 0. The normalized spacial score (nSPS) is 13.7. The highest BCUT2D eigenvalue weighted by molar-refractivity contribution is 6.07. The smallest absolute Gasteiger partial charge is 0.259 e. The van der Waals surface area contributed by atoms with Crippen molar-refractivity contribution < 1.29 is 9.53 Å². The van der Waals surface area contributed by atoms with E-state index in [1.807, 2.05) is 4.90 Å². The Hall–Kier alpha value is -2.36. The summed E-state index contributed by atoms with van der Waals surface area (Å²) >= 11 is 0. The molecule has 1 amide bonds. The Labute approximate surface area is 124 Å². The van der Waals surface area contributed by atoms with Crippen LogP contribution < -0.4 is 9.64 Å². The van der Waals surface area contributed by atoms with E-state index in [2.05, 4.69) is 30.1 Å². The molecule has 0 bridgehead atoms. The Morgan fingerprint density at radius 1 is 1.29 bits per heavy atom. The average Bonchev–Trinajstić information content (AvgIpc) is 2.54. The number of amides is 1. The Kier molecular flexibility index (Phi) is 3.60. The van der Waals surface area contributed by atoms with Crippen molar-refractivity contribution in [1.82, 2.24) is 4.98 Å². The number of carbonyl (C=O) groups excluding carboxylic acids is 1. The minimum absolute atomic E-state index is 0.000373. The van der Waals surface area contributed by atoms with Crippen LogP contribution in [0.5, 0.6) is 5.88 Å². The molecule has 0 radical (unpaired) electrons. The number of fused-ring (bicyclic) bond motifs is 1. The molecule has 0 N–H and O–H groups in total. The summed E-state index contributed by atoms with van der Waals surface area (Å²) in [6.45, 7) is 2.80. The van der Waals surface area contributed by atoms with Crippen molar-refractivity contribution in [1.29, 1.82) is 0 Å². The number of methoxy groups -OCH3 is 1. The number of nitrogens with zero attached hydrogens (tertiary/aromatic N) is 2. The van der Waals surface area contributed by atoms with Crippen LogP contribution in [0.3, 0.4) is 0 Å². The maximum absolute atomic E-state index is 12.8. The summed E-state index contributed by atoms with van der Waals surface area (Å²) in [7, 11) is 1.56. The molecule has 3 rings (SSSR count). The average molecular weight is 282 g/mol. The first-order valence-electron chi connectivity index (χ1n) is 7.11. The molecule has 0 fully saturated rings. The van der Waals surface area contributed by atoms with E-state index >= 15 is 0 Å². The lowest BCUT2D eigenvalue weighted by Crippen LogP contribution is -2.36. The molecule has 108 valence electrons. The highest BCUT2D eigenvalue weighted by Crippen LogP contribution is 2.31. The molecule has 0 saturated heterocycles. The van der Waals surface area contributed by atoms with Crippen LogP contribution in [0.1, 0.15) is 27.9 Å². The third kappa shape index (κ3) is 2.49. The zero-order valence-corrected chi connectivity index (χ0v) is 12.3. The quantitative estimate of drug-likeness (QED) is 0.850. The molecule has 1 aliphatic heterocycles. The first kappa shape index (κ1) is 13.6. The van der Waals surface area contributed by atoms with E-state index in [0.29, 0.717) is 11.4 Å². The molecule has 0 spiro atoms. The van der Waals surface area contributed by atoms with Gasteiger partial charge in [0.2, 0.25) is 5.88 Å². The number of anilines is 1. The molecular formula is C17H18N2O2. The lowest BCUT2D eigenvalue weighted by molar-refractivity contribution is 0.0984. The monoisotopic (exact) mass is 282 g/mol. The molecule has 4 heteroatoms. The fourth-order valence-electron chi connectivity index (χ4n) is 2.83. The number of hydrogen-bond donors (Lipinski definition) is 0. The van der Waals surface area contributed by atoms with Crippen LogP contribution in [-0.4, -0.2) is 24.5 Å².